The fourth-order valence-electron chi connectivity index (χ4n) is 4.73. The van der Waals surface area contributed by atoms with Gasteiger partial charge in [0.05, 0.1) is 35.8 Å². The highest BCUT2D eigenvalue weighted by atomic mass is 16.6. The first-order chi connectivity index (χ1) is 18.0. The van der Waals surface area contributed by atoms with Crippen molar-refractivity contribution in [2.45, 2.75) is 25.3 Å². The van der Waals surface area contributed by atoms with E-state index in [2.05, 4.69) is 5.10 Å². The van der Waals surface area contributed by atoms with E-state index in [-0.39, 0.29) is 22.9 Å². The molecule has 1 amide bonds. The maximum Gasteiger partial charge on any atom is 0.338 e. The van der Waals surface area contributed by atoms with Gasteiger partial charge in [-0.3, -0.25) is 14.9 Å². The summed E-state index contributed by atoms with van der Waals surface area (Å²) in [5, 5.41) is 17.2. The Morgan fingerprint density at radius 2 is 2.03 bits per heavy atom. The lowest BCUT2D eigenvalue weighted by atomic mass is 9.79. The van der Waals surface area contributed by atoms with Crippen LogP contribution in [0.25, 0.3) is 6.08 Å². The topological polar surface area (TPSA) is 138 Å². The molecule has 2 aliphatic rings. The van der Waals surface area contributed by atoms with Crippen molar-refractivity contribution in [1.82, 2.24) is 5.01 Å². The van der Waals surface area contributed by atoms with Gasteiger partial charge in [0.1, 0.15) is 17.6 Å². The van der Waals surface area contributed by atoms with Crippen molar-refractivity contribution in [3.05, 3.63) is 87.8 Å². The van der Waals surface area contributed by atoms with Gasteiger partial charge in [-0.25, -0.2) is 9.80 Å². The summed E-state index contributed by atoms with van der Waals surface area (Å²) in [5.41, 5.74) is 1.29. The first-order valence-corrected chi connectivity index (χ1v) is 11.6. The molecule has 5 rings (SSSR count). The van der Waals surface area contributed by atoms with Gasteiger partial charge in [0, 0.05) is 12.0 Å². The summed E-state index contributed by atoms with van der Waals surface area (Å²) in [6.07, 6.45) is 7.55. The van der Waals surface area contributed by atoms with Gasteiger partial charge in [-0.15, -0.1) is 0 Å². The number of rotatable bonds is 7. The van der Waals surface area contributed by atoms with Crippen LogP contribution in [0.15, 0.2) is 74.5 Å². The Balaban J connectivity index is 1.37. The number of nitro benzene ring substituents is 1. The minimum atomic E-state index is -0.878. The van der Waals surface area contributed by atoms with Crippen LogP contribution in [0.1, 0.15) is 47.2 Å². The molecule has 11 heteroatoms. The molecule has 0 radical (unpaired) electrons. The largest absolute Gasteiger partial charge is 0.490 e. The summed E-state index contributed by atoms with van der Waals surface area (Å²) in [4.78, 5) is 36.5. The maximum absolute atomic E-state index is 13.3. The molecule has 0 bridgehead atoms. The van der Waals surface area contributed by atoms with Gasteiger partial charge in [-0.2, -0.15) is 5.10 Å². The molecule has 0 unspecified atom stereocenters. The summed E-state index contributed by atoms with van der Waals surface area (Å²) in [7, 11) is 1.29. The summed E-state index contributed by atoms with van der Waals surface area (Å²) < 4.78 is 21.3. The zero-order valence-corrected chi connectivity index (χ0v) is 19.9. The van der Waals surface area contributed by atoms with Crippen LogP contribution in [0.2, 0.25) is 0 Å². The fraction of sp³-hybridized carbons (Fsp3) is 0.269. The number of furan rings is 2. The molecule has 1 aliphatic heterocycles. The van der Waals surface area contributed by atoms with E-state index in [0.29, 0.717) is 11.5 Å². The molecule has 0 saturated heterocycles. The number of hydrogen-bond donors (Lipinski definition) is 0. The van der Waals surface area contributed by atoms with Crippen LogP contribution in [-0.4, -0.2) is 41.2 Å². The van der Waals surface area contributed by atoms with E-state index in [0.717, 1.165) is 36.6 Å². The van der Waals surface area contributed by atoms with Gasteiger partial charge in [0.2, 0.25) is 0 Å². The molecule has 190 valence electrons. The molecule has 0 spiro atoms. The number of carbonyl (C=O) groups is 2. The van der Waals surface area contributed by atoms with Crippen molar-refractivity contribution in [3.63, 3.8) is 0 Å². The van der Waals surface area contributed by atoms with Crippen LogP contribution < -0.4 is 4.74 Å². The van der Waals surface area contributed by atoms with E-state index >= 15 is 0 Å². The van der Waals surface area contributed by atoms with Crippen molar-refractivity contribution < 1.29 is 32.8 Å². The maximum atomic E-state index is 13.3. The van der Waals surface area contributed by atoms with E-state index in [1.807, 2.05) is 12.1 Å². The fourth-order valence-corrected chi connectivity index (χ4v) is 4.73. The monoisotopic (exact) mass is 505 g/mol. The highest BCUT2D eigenvalue weighted by molar-refractivity contribution is 6.08. The normalized spacial score (nSPS) is 19.9. The third-order valence-corrected chi connectivity index (χ3v) is 6.39. The number of hydrazone groups is 1. The first kappa shape index (κ1) is 24.0. The molecule has 1 aliphatic carbocycles. The Kier molecular flexibility index (Phi) is 6.59. The minimum absolute atomic E-state index is 0.00724. The Labute approximate surface area is 211 Å². The average Bonchev–Trinajstić information content (AvgIpc) is 3.68. The standard InChI is InChI=1S/C26H23N3O8/c1-34-21-10-9-17(14-20(21)29(32)33)26(31)37-15-23(30)28-25(22-8-4-12-36-22)19-7-2-5-16(24(19)27-28)13-18-6-3-11-35-18/h3-4,6,8-14,19,25H,2,5,7,15H2,1H3/b16-13-/t19-,25-/m1/s1. The van der Waals surface area contributed by atoms with Gasteiger partial charge >= 0.3 is 11.7 Å². The van der Waals surface area contributed by atoms with Crippen LogP contribution in [-0.2, 0) is 9.53 Å². The Morgan fingerprint density at radius 1 is 1.22 bits per heavy atom. The molecule has 2 aromatic heterocycles. The van der Waals surface area contributed by atoms with Crippen molar-refractivity contribution in [2.75, 3.05) is 13.7 Å². The van der Waals surface area contributed by atoms with Crippen LogP contribution >= 0.6 is 0 Å². The molecule has 0 N–H and O–H groups in total. The van der Waals surface area contributed by atoms with Crippen molar-refractivity contribution in [1.29, 1.82) is 0 Å². The van der Waals surface area contributed by atoms with Crippen LogP contribution in [0.4, 0.5) is 5.69 Å². The number of nitrogens with zero attached hydrogens (tertiary/aromatic N) is 3. The average molecular weight is 505 g/mol. The molecule has 3 heterocycles. The lowest BCUT2D eigenvalue weighted by Crippen LogP contribution is -2.34. The van der Waals surface area contributed by atoms with Crippen LogP contribution in [0, 0.1) is 16.0 Å². The van der Waals surface area contributed by atoms with E-state index in [4.69, 9.17) is 18.3 Å². The Hall–Kier alpha value is -4.67. The first-order valence-electron chi connectivity index (χ1n) is 11.6. The summed E-state index contributed by atoms with van der Waals surface area (Å²) >= 11 is 0. The number of benzene rings is 1. The quantitative estimate of drug-likeness (QED) is 0.254. The third kappa shape index (κ3) is 4.75. The number of carbonyl (C=O) groups excluding carboxylic acids is 2. The van der Waals surface area contributed by atoms with Gasteiger partial charge in [0.25, 0.3) is 5.91 Å². The molecule has 37 heavy (non-hydrogen) atoms. The zero-order valence-electron chi connectivity index (χ0n) is 19.9. The number of amides is 1. The number of hydrogen-bond acceptors (Lipinski definition) is 9. The SMILES string of the molecule is COc1ccc(C(=O)OCC(=O)N2N=C3/C(=C\c4ccco4)CCC[C@H]3[C@@H]2c2ccco2)cc1[N+](=O)[O-]. The van der Waals surface area contributed by atoms with Gasteiger partial charge in [-0.1, -0.05) is 0 Å². The van der Waals surface area contributed by atoms with E-state index in [1.165, 1.54) is 30.5 Å². The summed E-state index contributed by atoms with van der Waals surface area (Å²) in [6.45, 7) is -0.601. The summed E-state index contributed by atoms with van der Waals surface area (Å²) in [5.74, 6) is -0.236. The molecular weight excluding hydrogens is 482 g/mol. The van der Waals surface area contributed by atoms with Crippen molar-refractivity contribution >= 4 is 29.4 Å². The molecular formula is C26H23N3O8. The molecule has 3 aromatic rings. The van der Waals surface area contributed by atoms with Gasteiger partial charge in [-0.05, 0) is 67.3 Å². The molecule has 1 saturated carbocycles. The smallest absolute Gasteiger partial charge is 0.338 e. The van der Waals surface area contributed by atoms with Gasteiger partial charge in [0.15, 0.2) is 12.4 Å². The van der Waals surface area contributed by atoms with Crippen molar-refractivity contribution in [3.8, 4) is 5.75 Å². The van der Waals surface area contributed by atoms with E-state index in [1.54, 1.807) is 24.5 Å². The number of methoxy groups -OCH3 is 1. The van der Waals surface area contributed by atoms with E-state index in [9.17, 15) is 19.7 Å². The van der Waals surface area contributed by atoms with Crippen LogP contribution in [0.3, 0.4) is 0 Å². The number of nitro groups is 1. The van der Waals surface area contributed by atoms with Gasteiger partial charge < -0.3 is 18.3 Å². The number of allylic oxidation sites excluding steroid dienone is 1. The Morgan fingerprint density at radius 3 is 2.73 bits per heavy atom. The van der Waals surface area contributed by atoms with E-state index < -0.39 is 29.4 Å². The number of ether oxygens (including phenoxy) is 2. The second-order valence-corrected chi connectivity index (χ2v) is 8.59. The molecule has 1 fully saturated rings. The number of esters is 1. The second kappa shape index (κ2) is 10.1. The summed E-state index contributed by atoms with van der Waals surface area (Å²) in [6, 6.07) is 10.4. The highest BCUT2D eigenvalue weighted by Crippen LogP contribution is 2.44. The predicted molar refractivity (Wildman–Crippen MR) is 130 cm³/mol. The van der Waals surface area contributed by atoms with Crippen LogP contribution in [0.5, 0.6) is 5.75 Å². The molecule has 2 atom stereocenters. The zero-order chi connectivity index (χ0) is 25.9. The van der Waals surface area contributed by atoms with Crippen molar-refractivity contribution in [2.24, 2.45) is 11.0 Å². The lowest BCUT2D eigenvalue weighted by molar-refractivity contribution is -0.385. The highest BCUT2D eigenvalue weighted by Gasteiger charge is 2.45. The Bertz CT molecular complexity index is 1370. The molecule has 1 aromatic carbocycles. The third-order valence-electron chi connectivity index (χ3n) is 6.39. The molecule has 11 nitrogen and oxygen atoms in total. The predicted octanol–water partition coefficient (Wildman–Crippen LogP) is 4.77. The second-order valence-electron chi connectivity index (χ2n) is 8.59. The number of fused-ring (bicyclic) bond motifs is 1. The lowest BCUT2D eigenvalue weighted by Gasteiger charge is -2.27. The minimum Gasteiger partial charge on any atom is -0.490 e.